The Bertz CT molecular complexity index is 1270. The van der Waals surface area contributed by atoms with Crippen LogP contribution < -0.4 is 9.47 Å². The topological polar surface area (TPSA) is 93.9 Å². The van der Waals surface area contributed by atoms with E-state index in [4.69, 9.17) is 9.47 Å². The van der Waals surface area contributed by atoms with E-state index in [0.29, 0.717) is 44.0 Å². The molecule has 1 fully saturated rings. The van der Waals surface area contributed by atoms with Gasteiger partial charge in [-0.05, 0) is 49.1 Å². The van der Waals surface area contributed by atoms with E-state index in [-0.39, 0.29) is 11.3 Å². The number of Topliss-reactive ketones (excluding diaryl/α,β-unsaturated/α-hetero) is 1. The van der Waals surface area contributed by atoms with Crippen molar-refractivity contribution in [2.24, 2.45) is 0 Å². The summed E-state index contributed by atoms with van der Waals surface area (Å²) >= 11 is 0. The smallest absolute Gasteiger partial charge is 0.295 e. The zero-order chi connectivity index (χ0) is 27.6. The van der Waals surface area contributed by atoms with Crippen molar-refractivity contribution in [1.82, 2.24) is 14.5 Å². The van der Waals surface area contributed by atoms with Crippen LogP contribution in [0.1, 0.15) is 63.1 Å². The predicted molar refractivity (Wildman–Crippen MR) is 150 cm³/mol. The van der Waals surface area contributed by atoms with Gasteiger partial charge in [0, 0.05) is 31.0 Å². The summed E-state index contributed by atoms with van der Waals surface area (Å²) < 4.78 is 13.5. The van der Waals surface area contributed by atoms with Crippen LogP contribution in [0.3, 0.4) is 0 Å². The SMILES string of the molecule is CCCCCOc1ccc(C2/C(=C(\O)c3cccc(OCCC)c3)C(=O)C(=O)N2CCCn2ccnc2)cc1. The number of aliphatic hydroxyl groups is 1. The van der Waals surface area contributed by atoms with Crippen LogP contribution in [-0.4, -0.2) is 51.0 Å². The summed E-state index contributed by atoms with van der Waals surface area (Å²) in [4.78, 5) is 32.2. The lowest BCUT2D eigenvalue weighted by molar-refractivity contribution is -0.139. The Hall–Kier alpha value is -4.07. The molecule has 4 rings (SSSR count). The maximum atomic E-state index is 13.4. The molecule has 206 valence electrons. The van der Waals surface area contributed by atoms with Crippen LogP contribution in [-0.2, 0) is 16.1 Å². The molecule has 39 heavy (non-hydrogen) atoms. The van der Waals surface area contributed by atoms with Gasteiger partial charge in [0.25, 0.3) is 11.7 Å². The zero-order valence-corrected chi connectivity index (χ0v) is 22.7. The number of hydrogen-bond donors (Lipinski definition) is 1. The molecule has 0 spiro atoms. The van der Waals surface area contributed by atoms with Gasteiger partial charge in [-0.15, -0.1) is 0 Å². The van der Waals surface area contributed by atoms with Crippen molar-refractivity contribution in [3.8, 4) is 11.5 Å². The minimum absolute atomic E-state index is 0.0758. The lowest BCUT2D eigenvalue weighted by Gasteiger charge is -2.25. The second-order valence-electron chi connectivity index (χ2n) is 9.65. The minimum atomic E-state index is -0.720. The van der Waals surface area contributed by atoms with Gasteiger partial charge in [0.05, 0.1) is 31.2 Å². The maximum absolute atomic E-state index is 13.4. The summed E-state index contributed by atoms with van der Waals surface area (Å²) in [6.07, 6.45) is 9.97. The first-order valence-corrected chi connectivity index (χ1v) is 13.7. The number of nitrogens with zero attached hydrogens (tertiary/aromatic N) is 3. The molecule has 0 aliphatic carbocycles. The fourth-order valence-electron chi connectivity index (χ4n) is 4.70. The molecular formula is C31H37N3O5. The average molecular weight is 532 g/mol. The van der Waals surface area contributed by atoms with Crippen LogP contribution in [0.4, 0.5) is 0 Å². The molecule has 8 heteroatoms. The molecule has 1 amide bonds. The van der Waals surface area contributed by atoms with Crippen molar-refractivity contribution < 1.29 is 24.2 Å². The second kappa shape index (κ2) is 13.6. The van der Waals surface area contributed by atoms with E-state index in [1.165, 1.54) is 0 Å². The van der Waals surface area contributed by atoms with Crippen LogP contribution >= 0.6 is 0 Å². The third-order valence-electron chi connectivity index (χ3n) is 6.71. The molecule has 1 aliphatic heterocycles. The largest absolute Gasteiger partial charge is 0.507 e. The van der Waals surface area contributed by atoms with Crippen LogP contribution in [0.2, 0.25) is 0 Å². The number of carbonyl (C=O) groups excluding carboxylic acids is 2. The van der Waals surface area contributed by atoms with Gasteiger partial charge in [-0.2, -0.15) is 0 Å². The molecule has 1 saturated heterocycles. The number of hydrogen-bond acceptors (Lipinski definition) is 6. The molecule has 1 aromatic heterocycles. The molecule has 8 nitrogen and oxygen atoms in total. The standard InChI is InChI=1S/C31H37N3O5/c1-3-5-6-20-39-25-13-11-23(12-14-25)28-27(29(35)24-9-7-10-26(21-24)38-19-4-2)30(36)31(37)34(28)17-8-16-33-18-15-32-22-33/h7,9-15,18,21-22,28,35H,3-6,8,16-17,19-20H2,1-2H3/b29-27+. The van der Waals surface area contributed by atoms with Crippen molar-refractivity contribution in [2.45, 2.75) is 58.5 Å². The number of amides is 1. The molecule has 3 aromatic rings. The minimum Gasteiger partial charge on any atom is -0.507 e. The fourth-order valence-corrected chi connectivity index (χ4v) is 4.70. The predicted octanol–water partition coefficient (Wildman–Crippen LogP) is 5.75. The van der Waals surface area contributed by atoms with Crippen LogP contribution in [0.15, 0.2) is 72.8 Å². The number of unbranched alkanes of at least 4 members (excludes halogenated alkanes) is 2. The Balaban J connectivity index is 1.65. The van der Waals surface area contributed by atoms with Crippen molar-refractivity contribution in [2.75, 3.05) is 19.8 Å². The van der Waals surface area contributed by atoms with Crippen molar-refractivity contribution in [3.05, 3.63) is 84.0 Å². The summed E-state index contributed by atoms with van der Waals surface area (Å²) in [5.74, 6) is -0.202. The first-order valence-electron chi connectivity index (χ1n) is 13.7. The van der Waals surface area contributed by atoms with E-state index in [0.717, 1.165) is 37.0 Å². The molecule has 0 saturated carbocycles. The molecule has 0 radical (unpaired) electrons. The summed E-state index contributed by atoms with van der Waals surface area (Å²) in [7, 11) is 0. The van der Waals surface area contributed by atoms with E-state index >= 15 is 0 Å². The van der Waals surface area contributed by atoms with Crippen LogP contribution in [0, 0.1) is 0 Å². The Morgan fingerprint density at radius 3 is 2.44 bits per heavy atom. The molecule has 1 unspecified atom stereocenters. The number of rotatable bonds is 14. The van der Waals surface area contributed by atoms with Gasteiger partial charge in [-0.3, -0.25) is 9.59 Å². The maximum Gasteiger partial charge on any atom is 0.295 e. The molecule has 1 aliphatic rings. The Kier molecular flexibility index (Phi) is 9.78. The first-order chi connectivity index (χ1) is 19.0. The second-order valence-corrected chi connectivity index (χ2v) is 9.65. The number of aliphatic hydroxyl groups excluding tert-OH is 1. The highest BCUT2D eigenvalue weighted by Crippen LogP contribution is 2.40. The molecule has 1 N–H and O–H groups in total. The van der Waals surface area contributed by atoms with Gasteiger partial charge in [0.15, 0.2) is 0 Å². The summed E-state index contributed by atoms with van der Waals surface area (Å²) in [5, 5.41) is 11.4. The number of aromatic nitrogens is 2. The van der Waals surface area contributed by atoms with Crippen LogP contribution in [0.25, 0.3) is 5.76 Å². The number of ether oxygens (including phenoxy) is 2. The average Bonchev–Trinajstić information content (AvgIpc) is 3.57. The van der Waals surface area contributed by atoms with E-state index in [1.807, 2.05) is 42.0 Å². The van der Waals surface area contributed by atoms with Gasteiger partial charge < -0.3 is 24.0 Å². The van der Waals surface area contributed by atoms with Crippen molar-refractivity contribution in [1.29, 1.82) is 0 Å². The Morgan fingerprint density at radius 2 is 1.72 bits per heavy atom. The summed E-state index contributed by atoms with van der Waals surface area (Å²) in [6, 6.07) is 13.7. The molecule has 0 bridgehead atoms. The monoisotopic (exact) mass is 531 g/mol. The molecule has 2 heterocycles. The highest BCUT2D eigenvalue weighted by Gasteiger charge is 2.45. The summed E-state index contributed by atoms with van der Waals surface area (Å²) in [5.41, 5.74) is 1.24. The number of benzene rings is 2. The van der Waals surface area contributed by atoms with E-state index in [9.17, 15) is 14.7 Å². The lowest BCUT2D eigenvalue weighted by Crippen LogP contribution is -2.31. The Morgan fingerprint density at radius 1 is 0.923 bits per heavy atom. The number of likely N-dealkylation sites (tertiary alicyclic amines) is 1. The highest BCUT2D eigenvalue weighted by atomic mass is 16.5. The molecular weight excluding hydrogens is 494 g/mol. The normalized spacial score (nSPS) is 16.6. The van der Waals surface area contributed by atoms with Crippen molar-refractivity contribution >= 4 is 17.4 Å². The fraction of sp³-hybridized carbons (Fsp3) is 0.387. The Labute approximate surface area is 229 Å². The molecule has 1 atom stereocenters. The third kappa shape index (κ3) is 6.88. The number of imidazole rings is 1. The molecule has 2 aromatic carbocycles. The van der Waals surface area contributed by atoms with Gasteiger partial charge in [0.2, 0.25) is 0 Å². The quantitative estimate of drug-likeness (QED) is 0.123. The van der Waals surface area contributed by atoms with Crippen LogP contribution in [0.5, 0.6) is 11.5 Å². The number of ketones is 1. The van der Waals surface area contributed by atoms with E-state index in [1.54, 1.807) is 41.7 Å². The third-order valence-corrected chi connectivity index (χ3v) is 6.71. The van der Waals surface area contributed by atoms with E-state index in [2.05, 4.69) is 11.9 Å². The number of aryl methyl sites for hydroxylation is 1. The van der Waals surface area contributed by atoms with Gasteiger partial charge >= 0.3 is 0 Å². The zero-order valence-electron chi connectivity index (χ0n) is 22.7. The summed E-state index contributed by atoms with van der Waals surface area (Å²) in [6.45, 7) is 6.33. The van der Waals surface area contributed by atoms with Gasteiger partial charge in [-0.1, -0.05) is 51.0 Å². The highest BCUT2D eigenvalue weighted by molar-refractivity contribution is 6.46. The van der Waals surface area contributed by atoms with Crippen molar-refractivity contribution in [3.63, 3.8) is 0 Å². The van der Waals surface area contributed by atoms with Gasteiger partial charge in [0.1, 0.15) is 17.3 Å². The number of carbonyl (C=O) groups is 2. The van der Waals surface area contributed by atoms with E-state index < -0.39 is 17.7 Å². The van der Waals surface area contributed by atoms with Gasteiger partial charge in [-0.25, -0.2) is 4.98 Å². The lowest BCUT2D eigenvalue weighted by atomic mass is 9.95. The first kappa shape index (κ1) is 28.0.